The average Bonchev–Trinajstić information content (AvgIpc) is 2.46. The second kappa shape index (κ2) is 6.37. The summed E-state index contributed by atoms with van der Waals surface area (Å²) in [7, 11) is 1.28. The number of ether oxygens (including phenoxy) is 1. The number of nitrogens with one attached hydrogen (secondary N) is 1. The minimum absolute atomic E-state index is 0.0407. The van der Waals surface area contributed by atoms with Gasteiger partial charge >= 0.3 is 12.1 Å². The Labute approximate surface area is 121 Å². The molecule has 2 unspecified atom stereocenters. The summed E-state index contributed by atoms with van der Waals surface area (Å²) in [6.45, 7) is 0. The van der Waals surface area contributed by atoms with E-state index in [4.69, 9.17) is 0 Å². The number of carbonyl (C=O) groups excluding carboxylic acids is 1. The molecule has 0 radical (unpaired) electrons. The first-order chi connectivity index (χ1) is 9.91. The third-order valence-electron chi connectivity index (χ3n) is 3.83. The molecular formula is C15H18F3NO2. The van der Waals surface area contributed by atoms with Gasteiger partial charge in [-0.25, -0.2) is 4.79 Å². The van der Waals surface area contributed by atoms with Crippen LogP contribution in [0, 0.1) is 5.92 Å². The fourth-order valence-corrected chi connectivity index (χ4v) is 2.74. The van der Waals surface area contributed by atoms with Crippen molar-refractivity contribution in [2.45, 2.75) is 37.9 Å². The highest BCUT2D eigenvalue weighted by Gasteiger charge is 2.42. The van der Waals surface area contributed by atoms with Gasteiger partial charge in [0.2, 0.25) is 0 Å². The second-order valence-corrected chi connectivity index (χ2v) is 5.28. The number of alkyl halides is 3. The molecule has 0 aromatic heterocycles. The highest BCUT2D eigenvalue weighted by Crippen LogP contribution is 2.38. The van der Waals surface area contributed by atoms with E-state index in [2.05, 4.69) is 10.1 Å². The van der Waals surface area contributed by atoms with Crippen LogP contribution in [0.2, 0.25) is 0 Å². The second-order valence-electron chi connectivity index (χ2n) is 5.28. The maximum atomic E-state index is 12.8. The van der Waals surface area contributed by atoms with Gasteiger partial charge in [0.15, 0.2) is 0 Å². The van der Waals surface area contributed by atoms with Crippen LogP contribution in [0.1, 0.15) is 36.0 Å². The highest BCUT2D eigenvalue weighted by atomic mass is 19.4. The van der Waals surface area contributed by atoms with Gasteiger partial charge in [-0.3, -0.25) is 0 Å². The lowest BCUT2D eigenvalue weighted by Crippen LogP contribution is -2.35. The molecular weight excluding hydrogens is 283 g/mol. The maximum absolute atomic E-state index is 12.8. The van der Waals surface area contributed by atoms with Crippen molar-refractivity contribution < 1.29 is 22.7 Å². The molecule has 0 spiro atoms. The monoisotopic (exact) mass is 301 g/mol. The Balaban J connectivity index is 2.10. The normalized spacial score (nSPS) is 22.7. The molecule has 1 N–H and O–H groups in total. The molecule has 116 valence electrons. The van der Waals surface area contributed by atoms with Crippen molar-refractivity contribution in [2.75, 3.05) is 12.4 Å². The summed E-state index contributed by atoms with van der Waals surface area (Å²) >= 11 is 0. The Morgan fingerprint density at radius 3 is 2.67 bits per heavy atom. The first-order valence-electron chi connectivity index (χ1n) is 6.92. The molecule has 0 heterocycles. The number of esters is 1. The van der Waals surface area contributed by atoms with Crippen molar-refractivity contribution in [2.24, 2.45) is 5.92 Å². The first-order valence-corrected chi connectivity index (χ1v) is 6.92. The van der Waals surface area contributed by atoms with Crippen LogP contribution < -0.4 is 5.32 Å². The molecule has 1 aromatic rings. The number of methoxy groups -OCH3 is 1. The van der Waals surface area contributed by atoms with E-state index in [0.717, 1.165) is 0 Å². The van der Waals surface area contributed by atoms with Gasteiger partial charge in [0, 0.05) is 11.7 Å². The lowest BCUT2D eigenvalue weighted by Gasteiger charge is -2.32. The van der Waals surface area contributed by atoms with Gasteiger partial charge in [0.05, 0.1) is 18.6 Å². The zero-order valence-electron chi connectivity index (χ0n) is 11.7. The minimum atomic E-state index is -4.15. The molecule has 3 nitrogen and oxygen atoms in total. The quantitative estimate of drug-likeness (QED) is 0.857. The van der Waals surface area contributed by atoms with Gasteiger partial charge in [-0.1, -0.05) is 18.6 Å². The van der Waals surface area contributed by atoms with Crippen LogP contribution in [0.4, 0.5) is 18.9 Å². The summed E-state index contributed by atoms with van der Waals surface area (Å²) in [5.41, 5.74) is 0.867. The Hall–Kier alpha value is -1.72. The summed E-state index contributed by atoms with van der Waals surface area (Å²) in [5, 5.41) is 3.07. The number of carbonyl (C=O) groups is 1. The van der Waals surface area contributed by atoms with E-state index < -0.39 is 18.1 Å². The molecule has 0 amide bonds. The summed E-state index contributed by atoms with van der Waals surface area (Å²) in [6.07, 6.45) is -2.73. The van der Waals surface area contributed by atoms with Crippen LogP contribution in [-0.2, 0) is 4.74 Å². The largest absolute Gasteiger partial charge is 0.465 e. The first kappa shape index (κ1) is 15.7. The van der Waals surface area contributed by atoms with E-state index in [0.29, 0.717) is 24.1 Å². The molecule has 1 fully saturated rings. The minimum Gasteiger partial charge on any atom is -0.465 e. The van der Waals surface area contributed by atoms with Crippen molar-refractivity contribution in [1.29, 1.82) is 0 Å². The van der Waals surface area contributed by atoms with Gasteiger partial charge in [0.1, 0.15) is 0 Å². The Kier molecular flexibility index (Phi) is 4.75. The van der Waals surface area contributed by atoms with E-state index in [-0.39, 0.29) is 18.9 Å². The molecule has 0 saturated heterocycles. The molecule has 0 bridgehead atoms. The number of halogens is 3. The summed E-state index contributed by atoms with van der Waals surface area (Å²) in [4.78, 5) is 11.7. The van der Waals surface area contributed by atoms with Crippen LogP contribution in [0.25, 0.3) is 0 Å². The topological polar surface area (TPSA) is 38.3 Å². The average molecular weight is 301 g/mol. The SMILES string of the molecule is COC(=O)c1ccccc1NC1CCCC(C(F)(F)F)C1. The number of hydrogen-bond acceptors (Lipinski definition) is 3. The van der Waals surface area contributed by atoms with Crippen LogP contribution in [-0.4, -0.2) is 25.3 Å². The number of benzene rings is 1. The number of hydrogen-bond donors (Lipinski definition) is 1. The third kappa shape index (κ3) is 3.89. The number of anilines is 1. The zero-order chi connectivity index (χ0) is 15.5. The fourth-order valence-electron chi connectivity index (χ4n) is 2.74. The smallest absolute Gasteiger partial charge is 0.391 e. The molecule has 2 rings (SSSR count). The molecule has 0 aliphatic heterocycles. The van der Waals surface area contributed by atoms with Gasteiger partial charge in [0.25, 0.3) is 0 Å². The number of rotatable bonds is 3. The molecule has 1 aliphatic rings. The summed E-state index contributed by atoms with van der Waals surface area (Å²) < 4.78 is 43.1. The molecule has 1 aliphatic carbocycles. The van der Waals surface area contributed by atoms with Crippen LogP contribution in [0.5, 0.6) is 0 Å². The molecule has 6 heteroatoms. The van der Waals surface area contributed by atoms with Crippen LogP contribution >= 0.6 is 0 Å². The molecule has 2 atom stereocenters. The van der Waals surface area contributed by atoms with Gasteiger partial charge < -0.3 is 10.1 Å². The predicted octanol–water partition coefficient (Wildman–Crippen LogP) is 4.01. The van der Waals surface area contributed by atoms with Crippen molar-refractivity contribution in [3.05, 3.63) is 29.8 Å². The summed E-state index contributed by atoms with van der Waals surface area (Å²) in [5.74, 6) is -1.77. The molecule has 1 aromatic carbocycles. The highest BCUT2D eigenvalue weighted by molar-refractivity contribution is 5.95. The Morgan fingerprint density at radius 1 is 1.29 bits per heavy atom. The van der Waals surface area contributed by atoms with E-state index in [1.807, 2.05) is 0 Å². The fraction of sp³-hybridized carbons (Fsp3) is 0.533. The predicted molar refractivity (Wildman–Crippen MR) is 73.2 cm³/mol. The van der Waals surface area contributed by atoms with E-state index >= 15 is 0 Å². The van der Waals surface area contributed by atoms with Gasteiger partial charge in [-0.05, 0) is 31.4 Å². The van der Waals surface area contributed by atoms with Crippen molar-refractivity contribution in [3.8, 4) is 0 Å². The molecule has 1 saturated carbocycles. The zero-order valence-corrected chi connectivity index (χ0v) is 11.7. The van der Waals surface area contributed by atoms with E-state index in [9.17, 15) is 18.0 Å². The van der Waals surface area contributed by atoms with E-state index in [1.165, 1.54) is 7.11 Å². The van der Waals surface area contributed by atoms with Gasteiger partial charge in [-0.15, -0.1) is 0 Å². The lowest BCUT2D eigenvalue weighted by atomic mass is 9.85. The van der Waals surface area contributed by atoms with Crippen LogP contribution in [0.15, 0.2) is 24.3 Å². The Bertz CT molecular complexity index is 502. The van der Waals surface area contributed by atoms with E-state index in [1.54, 1.807) is 24.3 Å². The standard InChI is InChI=1S/C15H18F3NO2/c1-21-14(20)12-7-2-3-8-13(12)19-11-6-4-5-10(9-11)15(16,17)18/h2-3,7-8,10-11,19H,4-6,9H2,1H3. The maximum Gasteiger partial charge on any atom is 0.391 e. The van der Waals surface area contributed by atoms with Crippen molar-refractivity contribution >= 4 is 11.7 Å². The van der Waals surface area contributed by atoms with Crippen molar-refractivity contribution in [1.82, 2.24) is 0 Å². The van der Waals surface area contributed by atoms with Gasteiger partial charge in [-0.2, -0.15) is 13.2 Å². The number of para-hydroxylation sites is 1. The van der Waals surface area contributed by atoms with Crippen molar-refractivity contribution in [3.63, 3.8) is 0 Å². The molecule has 21 heavy (non-hydrogen) atoms. The lowest BCUT2D eigenvalue weighted by molar-refractivity contribution is -0.182. The third-order valence-corrected chi connectivity index (χ3v) is 3.83. The summed E-state index contributed by atoms with van der Waals surface area (Å²) in [6, 6.07) is 6.42. The van der Waals surface area contributed by atoms with Crippen LogP contribution in [0.3, 0.4) is 0 Å². The Morgan fingerprint density at radius 2 is 2.00 bits per heavy atom.